The first-order chi connectivity index (χ1) is 8.36. The van der Waals surface area contributed by atoms with Crippen LogP contribution in [0.4, 0.5) is 0 Å². The summed E-state index contributed by atoms with van der Waals surface area (Å²) in [6.07, 6.45) is 10.0. The van der Waals surface area contributed by atoms with E-state index in [2.05, 4.69) is 19.2 Å². The molecule has 4 heteroatoms. The molecule has 1 aliphatic carbocycles. The van der Waals surface area contributed by atoms with E-state index >= 15 is 0 Å². The number of nitrogens with one attached hydrogen (secondary N) is 1. The van der Waals surface area contributed by atoms with Crippen LogP contribution in [0.25, 0.3) is 0 Å². The zero-order chi connectivity index (χ0) is 12.3. The summed E-state index contributed by atoms with van der Waals surface area (Å²) in [5.41, 5.74) is 0. The molecule has 17 heavy (non-hydrogen) atoms. The van der Waals surface area contributed by atoms with Crippen LogP contribution in [0.15, 0.2) is 0 Å². The third-order valence-electron chi connectivity index (χ3n) is 3.19. The Morgan fingerprint density at radius 3 is 2.12 bits per heavy atom. The van der Waals surface area contributed by atoms with E-state index in [0.717, 1.165) is 32.2 Å². The summed E-state index contributed by atoms with van der Waals surface area (Å²) in [4.78, 5) is 0. The smallest absolute Gasteiger partial charge is 0.335 e. The van der Waals surface area contributed by atoms with Crippen LogP contribution in [-0.4, -0.2) is 34.7 Å². The van der Waals surface area contributed by atoms with Gasteiger partial charge in [-0.15, -0.1) is 0 Å². The molecule has 0 heterocycles. The Morgan fingerprint density at radius 2 is 1.59 bits per heavy atom. The van der Waals surface area contributed by atoms with E-state index in [9.17, 15) is 0 Å². The van der Waals surface area contributed by atoms with Crippen molar-refractivity contribution in [2.24, 2.45) is 0 Å². The summed E-state index contributed by atoms with van der Waals surface area (Å²) in [6.45, 7) is 6.01. The number of hydrogen-bond donors (Lipinski definition) is 1. The number of rotatable bonds is 9. The molecule has 1 N–H and O–H groups in total. The lowest BCUT2D eigenvalue weighted by Gasteiger charge is -2.25. The second-order valence-corrected chi connectivity index (χ2v) is 6.85. The molecule has 0 radical (unpaired) electrons. The van der Waals surface area contributed by atoms with E-state index in [1.807, 2.05) is 0 Å². The van der Waals surface area contributed by atoms with Gasteiger partial charge in [-0.3, -0.25) is 0 Å². The molecule has 0 saturated heterocycles. The average molecular weight is 259 g/mol. The lowest BCUT2D eigenvalue weighted by Crippen LogP contribution is -2.42. The van der Waals surface area contributed by atoms with Crippen LogP contribution in [-0.2, 0) is 8.85 Å². The van der Waals surface area contributed by atoms with Gasteiger partial charge in [-0.1, -0.05) is 33.1 Å². The van der Waals surface area contributed by atoms with E-state index < -0.39 is 9.28 Å². The molecule has 3 nitrogen and oxygen atoms in total. The first kappa shape index (κ1) is 15.2. The van der Waals surface area contributed by atoms with Gasteiger partial charge in [0.2, 0.25) is 0 Å². The normalized spacial score (nSPS) is 17.8. The van der Waals surface area contributed by atoms with Crippen LogP contribution in [0, 0.1) is 0 Å². The summed E-state index contributed by atoms with van der Waals surface area (Å²) in [6, 6.07) is 0.717. The molecule has 1 saturated carbocycles. The predicted molar refractivity (Wildman–Crippen MR) is 74.5 cm³/mol. The standard InChI is InChI=1S/C13H29NO2Si/c1-3-10-15-17(16-11-4-2)12-14-13-8-6-5-7-9-13/h13-14,17H,3-12H2,1-2H3. The van der Waals surface area contributed by atoms with Crippen LogP contribution in [0.5, 0.6) is 0 Å². The van der Waals surface area contributed by atoms with Gasteiger partial charge >= 0.3 is 9.28 Å². The molecule has 0 aromatic heterocycles. The zero-order valence-corrected chi connectivity index (χ0v) is 12.7. The van der Waals surface area contributed by atoms with Gasteiger partial charge in [-0.2, -0.15) is 0 Å². The molecule has 0 amide bonds. The van der Waals surface area contributed by atoms with Crippen molar-refractivity contribution in [1.29, 1.82) is 0 Å². The Labute approximate surface area is 108 Å². The number of hydrogen-bond acceptors (Lipinski definition) is 3. The minimum absolute atomic E-state index is 0.717. The summed E-state index contributed by atoms with van der Waals surface area (Å²) in [5, 5.41) is 3.65. The fraction of sp³-hybridized carbons (Fsp3) is 1.00. The Kier molecular flexibility index (Phi) is 8.97. The topological polar surface area (TPSA) is 30.5 Å². The van der Waals surface area contributed by atoms with Gasteiger partial charge in [0.15, 0.2) is 0 Å². The molecule has 102 valence electrons. The van der Waals surface area contributed by atoms with E-state index in [4.69, 9.17) is 8.85 Å². The van der Waals surface area contributed by atoms with E-state index in [1.54, 1.807) is 0 Å². The van der Waals surface area contributed by atoms with Crippen LogP contribution < -0.4 is 5.32 Å². The van der Waals surface area contributed by atoms with Crippen molar-refractivity contribution in [3.63, 3.8) is 0 Å². The van der Waals surface area contributed by atoms with Crippen molar-refractivity contribution in [3.05, 3.63) is 0 Å². The average Bonchev–Trinajstić information content (AvgIpc) is 2.39. The molecule has 1 aliphatic rings. The molecule has 0 spiro atoms. The molecule has 0 unspecified atom stereocenters. The van der Waals surface area contributed by atoms with E-state index in [0.29, 0.717) is 6.04 Å². The minimum atomic E-state index is -1.45. The van der Waals surface area contributed by atoms with Crippen LogP contribution in [0.1, 0.15) is 58.8 Å². The molecule has 1 rings (SSSR count). The molecule has 0 bridgehead atoms. The van der Waals surface area contributed by atoms with Crippen molar-refractivity contribution in [2.45, 2.75) is 64.8 Å². The van der Waals surface area contributed by atoms with Gasteiger partial charge in [0.05, 0.1) is 0 Å². The lowest BCUT2D eigenvalue weighted by molar-refractivity contribution is 0.192. The van der Waals surface area contributed by atoms with E-state index in [1.165, 1.54) is 32.1 Å². The minimum Gasteiger partial charge on any atom is -0.396 e. The third kappa shape index (κ3) is 7.19. The monoisotopic (exact) mass is 259 g/mol. The van der Waals surface area contributed by atoms with Crippen LogP contribution in [0.3, 0.4) is 0 Å². The zero-order valence-electron chi connectivity index (χ0n) is 11.5. The van der Waals surface area contributed by atoms with Gasteiger partial charge in [-0.25, -0.2) is 0 Å². The molecule has 0 atom stereocenters. The Morgan fingerprint density at radius 1 is 1.00 bits per heavy atom. The maximum absolute atomic E-state index is 5.84. The SMILES string of the molecule is CCCO[SiH](CNC1CCCCC1)OCCC. The molecular formula is C13H29NO2Si. The molecule has 0 aromatic carbocycles. The van der Waals surface area contributed by atoms with Crippen molar-refractivity contribution < 1.29 is 8.85 Å². The molecular weight excluding hydrogens is 230 g/mol. The fourth-order valence-electron chi connectivity index (χ4n) is 2.23. The van der Waals surface area contributed by atoms with E-state index in [-0.39, 0.29) is 0 Å². The van der Waals surface area contributed by atoms with Crippen molar-refractivity contribution in [2.75, 3.05) is 19.4 Å². The Balaban J connectivity index is 2.16. The first-order valence-electron chi connectivity index (χ1n) is 7.33. The second-order valence-electron chi connectivity index (χ2n) is 4.91. The van der Waals surface area contributed by atoms with Gasteiger partial charge in [0.1, 0.15) is 0 Å². The molecule has 0 aromatic rings. The van der Waals surface area contributed by atoms with Gasteiger partial charge < -0.3 is 14.2 Å². The predicted octanol–water partition coefficient (Wildman–Crippen LogP) is 2.52. The molecule has 1 fully saturated rings. The summed E-state index contributed by atoms with van der Waals surface area (Å²) in [7, 11) is -1.45. The quantitative estimate of drug-likeness (QED) is 0.646. The maximum atomic E-state index is 5.84. The highest BCUT2D eigenvalue weighted by Crippen LogP contribution is 2.17. The summed E-state index contributed by atoms with van der Waals surface area (Å²) in [5.74, 6) is 0. The van der Waals surface area contributed by atoms with Crippen LogP contribution in [0.2, 0.25) is 0 Å². The van der Waals surface area contributed by atoms with Crippen molar-refractivity contribution in [1.82, 2.24) is 5.32 Å². The molecule has 0 aliphatic heterocycles. The highest BCUT2D eigenvalue weighted by Gasteiger charge is 2.17. The lowest BCUT2D eigenvalue weighted by atomic mass is 9.96. The van der Waals surface area contributed by atoms with Gasteiger partial charge in [0.25, 0.3) is 0 Å². The van der Waals surface area contributed by atoms with Gasteiger partial charge in [0, 0.05) is 25.4 Å². The largest absolute Gasteiger partial charge is 0.396 e. The van der Waals surface area contributed by atoms with Crippen molar-refractivity contribution in [3.8, 4) is 0 Å². The second kappa shape index (κ2) is 10.1. The summed E-state index contributed by atoms with van der Waals surface area (Å²) >= 11 is 0. The fourth-order valence-corrected chi connectivity index (χ4v) is 4.09. The van der Waals surface area contributed by atoms with Gasteiger partial charge in [-0.05, 0) is 25.7 Å². The highest BCUT2D eigenvalue weighted by molar-refractivity contribution is 6.44. The highest BCUT2D eigenvalue weighted by atomic mass is 28.3. The Bertz CT molecular complexity index is 167. The third-order valence-corrected chi connectivity index (χ3v) is 4.98. The van der Waals surface area contributed by atoms with Crippen LogP contribution >= 0.6 is 0 Å². The Hall–Kier alpha value is 0.0969. The maximum Gasteiger partial charge on any atom is 0.335 e. The van der Waals surface area contributed by atoms with Crippen molar-refractivity contribution >= 4 is 9.28 Å². The summed E-state index contributed by atoms with van der Waals surface area (Å²) < 4.78 is 11.7. The first-order valence-corrected chi connectivity index (χ1v) is 9.09.